The quantitative estimate of drug-likeness (QED) is 0.174. The van der Waals surface area contributed by atoms with Gasteiger partial charge in [0.05, 0.1) is 34.0 Å². The number of halogens is 2. The van der Waals surface area contributed by atoms with E-state index in [-0.39, 0.29) is 15.8 Å². The van der Waals surface area contributed by atoms with E-state index in [2.05, 4.69) is 24.3 Å². The summed E-state index contributed by atoms with van der Waals surface area (Å²) in [5, 5.41) is 0. The summed E-state index contributed by atoms with van der Waals surface area (Å²) >= 11 is -1.77. The molecule has 6 aliphatic rings. The van der Waals surface area contributed by atoms with Crippen LogP contribution in [0.1, 0.15) is 204 Å². The minimum atomic E-state index is -1.77. The molecule has 0 atom stereocenters. The average Bonchev–Trinajstić information content (AvgIpc) is 3.27. The summed E-state index contributed by atoms with van der Waals surface area (Å²) < 4.78 is 1.92. The first kappa shape index (κ1) is 45.6. The van der Waals surface area contributed by atoms with E-state index in [4.69, 9.17) is 19.4 Å². The van der Waals surface area contributed by atoms with Crippen LogP contribution in [0.3, 0.4) is 0 Å². The normalized spacial score (nSPS) is 23.0. The van der Waals surface area contributed by atoms with E-state index in [0.717, 1.165) is 5.57 Å². The van der Waals surface area contributed by atoms with Gasteiger partial charge in [-0.25, -0.2) is 0 Å². The number of benzene rings is 2. The fourth-order valence-corrected chi connectivity index (χ4v) is 23.8. The van der Waals surface area contributed by atoms with Crippen molar-refractivity contribution in [3.05, 3.63) is 77.9 Å². The summed E-state index contributed by atoms with van der Waals surface area (Å²) in [5.41, 5.74) is 10.9. The van der Waals surface area contributed by atoms with Crippen LogP contribution < -0.4 is 0 Å². The van der Waals surface area contributed by atoms with Crippen LogP contribution in [0, 0.1) is 0 Å². The SMILES string of the molecule is C1CCC([PH+](C2CCCCC2)C2CCCCC2)CC1.C1CCC([PH+](C2CCCCC2)C2CCCCC2)CC1.[Cl][Ru]([Cl])=[CH]C=C(c1ccccc1)c1ccccc1. The molecule has 0 nitrogen and oxygen atoms in total. The van der Waals surface area contributed by atoms with Gasteiger partial charge in [0.15, 0.2) is 0 Å². The van der Waals surface area contributed by atoms with Gasteiger partial charge < -0.3 is 0 Å². The first-order valence-electron chi connectivity index (χ1n) is 24.0. The molecule has 0 N–H and O–H groups in total. The van der Waals surface area contributed by atoms with E-state index in [1.165, 1.54) is 45.1 Å². The molecule has 0 radical (unpaired) electrons. The number of allylic oxidation sites excluding steroid dienone is 1. The molecule has 2 aromatic rings. The number of rotatable bonds is 9. The van der Waals surface area contributed by atoms with Gasteiger partial charge in [-0.1, -0.05) is 38.5 Å². The molecule has 0 unspecified atom stereocenters. The maximum atomic E-state index is 5.91. The van der Waals surface area contributed by atoms with Gasteiger partial charge in [-0.05, 0) is 154 Å². The van der Waals surface area contributed by atoms with Crippen molar-refractivity contribution in [2.75, 3.05) is 0 Å². The molecule has 8 rings (SSSR count). The summed E-state index contributed by atoms with van der Waals surface area (Å²) in [4.78, 5) is 0. The molecule has 0 spiro atoms. The van der Waals surface area contributed by atoms with Crippen LogP contribution in [0.2, 0.25) is 0 Å². The zero-order chi connectivity index (χ0) is 38.6. The molecule has 314 valence electrons. The Bertz CT molecular complexity index is 1190. The molecule has 6 fully saturated rings. The molecule has 0 bridgehead atoms. The van der Waals surface area contributed by atoms with Crippen molar-refractivity contribution in [1.29, 1.82) is 0 Å². The summed E-state index contributed by atoms with van der Waals surface area (Å²) in [6, 6.07) is 20.5. The average molecular weight is 927 g/mol. The van der Waals surface area contributed by atoms with E-state index < -0.39 is 13.5 Å². The van der Waals surface area contributed by atoms with Crippen molar-refractivity contribution in [1.82, 2.24) is 0 Å². The Labute approximate surface area is 360 Å². The molecular formula is C51H80Cl2P2Ru+2. The Morgan fingerprint density at radius 3 is 0.821 bits per heavy atom. The molecule has 0 saturated heterocycles. The Morgan fingerprint density at radius 1 is 0.375 bits per heavy atom. The second kappa shape index (κ2) is 26.4. The van der Waals surface area contributed by atoms with E-state index in [0.29, 0.717) is 0 Å². The van der Waals surface area contributed by atoms with Crippen LogP contribution in [-0.2, 0) is 13.5 Å². The van der Waals surface area contributed by atoms with Gasteiger partial charge in [0.1, 0.15) is 0 Å². The van der Waals surface area contributed by atoms with Crippen molar-refractivity contribution in [2.45, 2.75) is 227 Å². The monoisotopic (exact) mass is 926 g/mol. The third-order valence-electron chi connectivity index (χ3n) is 14.9. The van der Waals surface area contributed by atoms with Crippen molar-refractivity contribution in [2.24, 2.45) is 0 Å². The fourth-order valence-electron chi connectivity index (χ4n) is 12.3. The van der Waals surface area contributed by atoms with E-state index in [1.54, 1.807) is 193 Å². The van der Waals surface area contributed by atoms with Crippen LogP contribution >= 0.6 is 35.2 Å². The van der Waals surface area contributed by atoms with Gasteiger partial charge >= 0.3 is 121 Å². The number of hydrogen-bond acceptors (Lipinski definition) is 0. The minimum absolute atomic E-state index is 0.0465. The van der Waals surface area contributed by atoms with Crippen molar-refractivity contribution >= 4 is 45.4 Å². The summed E-state index contributed by atoms with van der Waals surface area (Å²) in [7, 11) is 11.7. The molecule has 0 aliphatic heterocycles. The Balaban J connectivity index is 0.000000142. The zero-order valence-electron chi connectivity index (χ0n) is 35.2. The van der Waals surface area contributed by atoms with Crippen LogP contribution in [-0.4, -0.2) is 38.6 Å². The molecule has 0 heterocycles. The van der Waals surface area contributed by atoms with Gasteiger partial charge in [0.2, 0.25) is 0 Å². The summed E-state index contributed by atoms with van der Waals surface area (Å²) in [5.74, 6) is 0. The van der Waals surface area contributed by atoms with E-state index in [1.807, 2.05) is 47.1 Å². The van der Waals surface area contributed by atoms with Gasteiger partial charge in [-0.2, -0.15) is 0 Å². The molecule has 6 aliphatic carbocycles. The van der Waals surface area contributed by atoms with Crippen LogP contribution in [0.4, 0.5) is 0 Å². The fraction of sp³-hybridized carbons (Fsp3) is 0.706. The molecule has 5 heteroatoms. The van der Waals surface area contributed by atoms with Gasteiger partial charge in [-0.15, -0.1) is 0 Å². The van der Waals surface area contributed by atoms with Gasteiger partial charge in [0.25, 0.3) is 0 Å². The maximum absolute atomic E-state index is 5.91. The van der Waals surface area contributed by atoms with Crippen molar-refractivity contribution in [3.63, 3.8) is 0 Å². The second-order valence-corrected chi connectivity index (χ2v) is 31.3. The molecule has 0 aromatic heterocycles. The van der Waals surface area contributed by atoms with E-state index in [9.17, 15) is 0 Å². The molecule has 2 aromatic carbocycles. The molecule has 6 saturated carbocycles. The predicted molar refractivity (Wildman–Crippen MR) is 256 cm³/mol. The second-order valence-electron chi connectivity index (χ2n) is 18.6. The third-order valence-corrected chi connectivity index (χ3v) is 25.8. The third kappa shape index (κ3) is 14.9. The Kier molecular flexibility index (Phi) is 21.6. The summed E-state index contributed by atoms with van der Waals surface area (Å²) in [6.07, 6.45) is 49.6. The molecule has 56 heavy (non-hydrogen) atoms. The summed E-state index contributed by atoms with van der Waals surface area (Å²) in [6.45, 7) is 0. The predicted octanol–water partition coefficient (Wildman–Crippen LogP) is 17.2. The van der Waals surface area contributed by atoms with Crippen LogP contribution in [0.25, 0.3) is 5.57 Å². The van der Waals surface area contributed by atoms with E-state index >= 15 is 0 Å². The van der Waals surface area contributed by atoms with Crippen LogP contribution in [0.5, 0.6) is 0 Å². The number of hydrogen-bond donors (Lipinski definition) is 0. The zero-order valence-corrected chi connectivity index (χ0v) is 40.5. The molecule has 0 amide bonds. The van der Waals surface area contributed by atoms with Gasteiger partial charge in [-0.3, -0.25) is 0 Å². The van der Waals surface area contributed by atoms with Gasteiger partial charge in [0, 0.05) is 15.8 Å². The van der Waals surface area contributed by atoms with Crippen molar-refractivity contribution in [3.8, 4) is 0 Å². The van der Waals surface area contributed by atoms with Crippen molar-refractivity contribution < 1.29 is 13.5 Å². The standard InChI is InChI=1S/2C18H33P.C15H12.2ClH.Ru/c2*1-4-10-16(11-5-1)19(17-12-6-2-7-13-17)18-14-8-3-9-15-18;1-2-15(13-9-5-3-6-10-13)14-11-7-4-8-12-14;;;/h2*16-18H,1-15H2;1-12H;2*1H;/q;;;;;+2. The van der Waals surface area contributed by atoms with Crippen LogP contribution in [0.15, 0.2) is 66.7 Å². The Hall–Kier alpha value is 0.113. The first-order chi connectivity index (χ1) is 27.7. The Morgan fingerprint density at radius 2 is 0.607 bits per heavy atom. The molecular weight excluding hydrogens is 846 g/mol. The first-order valence-corrected chi connectivity index (χ1v) is 33.0. The topological polar surface area (TPSA) is 0 Å².